The largest absolute Gasteiger partial charge is 0.494 e. The summed E-state index contributed by atoms with van der Waals surface area (Å²) in [5.41, 5.74) is 1.06. The fraction of sp³-hybridized carbons (Fsp3) is 0.636. The van der Waals surface area contributed by atoms with Gasteiger partial charge >= 0.3 is 0 Å². The molecule has 0 saturated carbocycles. The first-order valence-corrected chi connectivity index (χ1v) is 10.7. The molecule has 0 aromatic heterocycles. The first-order chi connectivity index (χ1) is 13.7. The molecule has 3 rings (SSSR count). The van der Waals surface area contributed by atoms with Crippen LogP contribution in [0.15, 0.2) is 24.3 Å². The molecule has 2 fully saturated rings. The van der Waals surface area contributed by atoms with E-state index >= 15 is 0 Å². The van der Waals surface area contributed by atoms with Crippen LogP contribution in [0.4, 0.5) is 0 Å². The molecule has 1 N–H and O–H groups in total. The van der Waals surface area contributed by atoms with E-state index in [9.17, 15) is 9.59 Å². The van der Waals surface area contributed by atoms with Gasteiger partial charge in [0, 0.05) is 38.3 Å². The van der Waals surface area contributed by atoms with Gasteiger partial charge in [-0.15, -0.1) is 0 Å². The Kier molecular flexibility index (Phi) is 7.71. The summed E-state index contributed by atoms with van der Waals surface area (Å²) in [6, 6.07) is 7.53. The van der Waals surface area contributed by atoms with Crippen molar-refractivity contribution in [1.29, 1.82) is 0 Å². The highest BCUT2D eigenvalue weighted by Crippen LogP contribution is 2.23. The summed E-state index contributed by atoms with van der Waals surface area (Å²) < 4.78 is 5.74. The van der Waals surface area contributed by atoms with Gasteiger partial charge in [-0.25, -0.2) is 0 Å². The molecule has 28 heavy (non-hydrogen) atoms. The Morgan fingerprint density at radius 2 is 1.82 bits per heavy atom. The van der Waals surface area contributed by atoms with Gasteiger partial charge in [0.25, 0.3) is 0 Å². The number of nitrogens with one attached hydrogen (secondary N) is 1. The quantitative estimate of drug-likeness (QED) is 0.815. The predicted octanol–water partition coefficient (Wildman–Crippen LogP) is 2.57. The maximum atomic E-state index is 12.9. The van der Waals surface area contributed by atoms with Crippen LogP contribution in [-0.2, 0) is 16.1 Å². The van der Waals surface area contributed by atoms with Crippen LogP contribution in [-0.4, -0.2) is 60.4 Å². The number of hydrogen-bond donors (Lipinski definition) is 1. The highest BCUT2D eigenvalue weighted by atomic mass is 16.5. The summed E-state index contributed by atoms with van der Waals surface area (Å²) in [5, 5.41) is 2.94. The molecule has 2 heterocycles. The topological polar surface area (TPSA) is 61.9 Å². The van der Waals surface area contributed by atoms with Crippen LogP contribution in [0.2, 0.25) is 0 Å². The molecular formula is C22H33N3O3. The molecule has 6 nitrogen and oxygen atoms in total. The number of ether oxygens (including phenoxy) is 1. The van der Waals surface area contributed by atoms with Crippen molar-refractivity contribution >= 4 is 11.8 Å². The van der Waals surface area contributed by atoms with Gasteiger partial charge in [-0.2, -0.15) is 0 Å². The number of hydrogen-bond acceptors (Lipinski definition) is 4. The second-order valence-electron chi connectivity index (χ2n) is 7.67. The third-order valence-electron chi connectivity index (χ3n) is 5.66. The normalized spacial score (nSPS) is 21.5. The van der Waals surface area contributed by atoms with Crippen LogP contribution in [0, 0.1) is 0 Å². The number of likely N-dealkylation sites (tertiary alicyclic amines) is 1. The molecular weight excluding hydrogens is 354 g/mol. The number of para-hydroxylation sites is 1. The van der Waals surface area contributed by atoms with Gasteiger partial charge in [-0.1, -0.05) is 37.5 Å². The maximum absolute atomic E-state index is 12.9. The summed E-state index contributed by atoms with van der Waals surface area (Å²) in [7, 11) is 0. The number of carbonyl (C=O) groups excluding carboxylic acids is 2. The van der Waals surface area contributed by atoms with Crippen LogP contribution >= 0.6 is 0 Å². The van der Waals surface area contributed by atoms with E-state index < -0.39 is 6.04 Å². The summed E-state index contributed by atoms with van der Waals surface area (Å²) in [5.74, 6) is 0.914. The van der Waals surface area contributed by atoms with Crippen molar-refractivity contribution in [2.45, 2.75) is 58.0 Å². The Bertz CT molecular complexity index is 656. The van der Waals surface area contributed by atoms with Gasteiger partial charge in [-0.3, -0.25) is 14.5 Å². The van der Waals surface area contributed by atoms with E-state index in [0.29, 0.717) is 19.7 Å². The van der Waals surface area contributed by atoms with Gasteiger partial charge in [0.1, 0.15) is 5.75 Å². The summed E-state index contributed by atoms with van der Waals surface area (Å²) in [4.78, 5) is 29.6. The minimum atomic E-state index is -0.415. The molecule has 2 saturated heterocycles. The van der Waals surface area contributed by atoms with E-state index in [1.54, 1.807) is 0 Å². The van der Waals surface area contributed by atoms with Gasteiger partial charge < -0.3 is 15.0 Å². The van der Waals surface area contributed by atoms with Gasteiger partial charge in [-0.05, 0) is 25.8 Å². The fourth-order valence-electron chi connectivity index (χ4n) is 4.11. The Morgan fingerprint density at radius 3 is 2.57 bits per heavy atom. The molecule has 1 aromatic carbocycles. The molecule has 1 atom stereocenters. The summed E-state index contributed by atoms with van der Waals surface area (Å²) in [6.07, 6.45) is 6.02. The molecule has 154 valence electrons. The zero-order chi connectivity index (χ0) is 19.8. The van der Waals surface area contributed by atoms with Gasteiger partial charge in [0.15, 0.2) is 0 Å². The van der Waals surface area contributed by atoms with E-state index in [4.69, 9.17) is 4.74 Å². The average molecular weight is 388 g/mol. The lowest BCUT2D eigenvalue weighted by Gasteiger charge is -2.36. The van der Waals surface area contributed by atoms with E-state index in [2.05, 4.69) is 10.2 Å². The van der Waals surface area contributed by atoms with Crippen molar-refractivity contribution in [3.63, 3.8) is 0 Å². The smallest absolute Gasteiger partial charge is 0.237 e. The van der Waals surface area contributed by atoms with Crippen molar-refractivity contribution in [2.75, 3.05) is 32.8 Å². The number of benzene rings is 1. The standard InChI is InChI=1S/C22H33N3O3/c1-2-28-20-11-7-6-10-18(20)17-25-15-12-23-22(27)19(25)16-21(26)24-13-8-4-3-5-9-14-24/h6-7,10-11,19H,2-5,8-9,12-17H2,1H3,(H,23,27)/t19-/m1/s1. The van der Waals surface area contributed by atoms with Crippen molar-refractivity contribution < 1.29 is 14.3 Å². The van der Waals surface area contributed by atoms with Crippen molar-refractivity contribution in [3.8, 4) is 5.75 Å². The molecule has 1 aromatic rings. The second-order valence-corrected chi connectivity index (χ2v) is 7.67. The minimum absolute atomic E-state index is 0.0412. The molecule has 6 heteroatoms. The van der Waals surface area contributed by atoms with Crippen LogP contribution < -0.4 is 10.1 Å². The fourth-order valence-corrected chi connectivity index (χ4v) is 4.11. The van der Waals surface area contributed by atoms with Crippen LogP contribution in [0.3, 0.4) is 0 Å². The molecule has 0 aliphatic carbocycles. The lowest BCUT2D eigenvalue weighted by molar-refractivity contribution is -0.139. The zero-order valence-corrected chi connectivity index (χ0v) is 17.0. The number of piperazine rings is 1. The summed E-state index contributed by atoms with van der Waals surface area (Å²) in [6.45, 7) is 6.18. The number of carbonyl (C=O) groups is 2. The highest BCUT2D eigenvalue weighted by molar-refractivity contribution is 5.88. The number of rotatable bonds is 6. The molecule has 0 unspecified atom stereocenters. The number of amides is 2. The molecule has 0 radical (unpaired) electrons. The monoisotopic (exact) mass is 387 g/mol. The second kappa shape index (κ2) is 10.5. The summed E-state index contributed by atoms with van der Waals surface area (Å²) >= 11 is 0. The zero-order valence-electron chi connectivity index (χ0n) is 17.0. The van der Waals surface area contributed by atoms with E-state index in [1.807, 2.05) is 36.1 Å². The lowest BCUT2D eigenvalue weighted by atomic mass is 10.0. The maximum Gasteiger partial charge on any atom is 0.237 e. The van der Waals surface area contributed by atoms with Crippen molar-refractivity contribution in [2.24, 2.45) is 0 Å². The van der Waals surface area contributed by atoms with Crippen LogP contribution in [0.5, 0.6) is 5.75 Å². The predicted molar refractivity (Wildman–Crippen MR) is 109 cm³/mol. The minimum Gasteiger partial charge on any atom is -0.494 e. The Labute approximate surface area is 168 Å². The average Bonchev–Trinajstić information content (AvgIpc) is 2.66. The van der Waals surface area contributed by atoms with E-state index in [0.717, 1.165) is 43.8 Å². The molecule has 2 aliphatic rings. The first-order valence-electron chi connectivity index (χ1n) is 10.7. The third-order valence-corrected chi connectivity index (χ3v) is 5.66. The van der Waals surface area contributed by atoms with E-state index in [-0.39, 0.29) is 18.2 Å². The van der Waals surface area contributed by atoms with Crippen LogP contribution in [0.1, 0.15) is 51.0 Å². The first kappa shape index (κ1) is 20.6. The Morgan fingerprint density at radius 1 is 1.11 bits per heavy atom. The molecule has 0 spiro atoms. The lowest BCUT2D eigenvalue weighted by Crippen LogP contribution is -2.56. The Hall–Kier alpha value is -2.08. The molecule has 2 aliphatic heterocycles. The van der Waals surface area contributed by atoms with Crippen molar-refractivity contribution in [3.05, 3.63) is 29.8 Å². The Balaban J connectivity index is 1.68. The molecule has 2 amide bonds. The van der Waals surface area contributed by atoms with Crippen LogP contribution in [0.25, 0.3) is 0 Å². The third kappa shape index (κ3) is 5.47. The molecule has 0 bridgehead atoms. The van der Waals surface area contributed by atoms with Crippen molar-refractivity contribution in [1.82, 2.24) is 15.1 Å². The van der Waals surface area contributed by atoms with Gasteiger partial charge in [0.2, 0.25) is 11.8 Å². The SMILES string of the molecule is CCOc1ccccc1CN1CCNC(=O)[C@H]1CC(=O)N1CCCCCCC1. The highest BCUT2D eigenvalue weighted by Gasteiger charge is 2.33. The van der Waals surface area contributed by atoms with E-state index in [1.165, 1.54) is 19.3 Å². The van der Waals surface area contributed by atoms with Gasteiger partial charge in [0.05, 0.1) is 19.1 Å². The number of nitrogens with zero attached hydrogens (tertiary/aromatic N) is 2.